The molecule has 0 bridgehead atoms. The van der Waals surface area contributed by atoms with Crippen molar-refractivity contribution in [2.75, 3.05) is 26.2 Å². The van der Waals surface area contributed by atoms with E-state index >= 15 is 0 Å². The highest BCUT2D eigenvalue weighted by Gasteiger charge is 2.19. The number of benzene rings is 1. The van der Waals surface area contributed by atoms with Gasteiger partial charge in [-0.15, -0.1) is 0 Å². The lowest BCUT2D eigenvalue weighted by Crippen LogP contribution is -2.31. The zero-order valence-electron chi connectivity index (χ0n) is 18.2. The molecule has 0 saturated carbocycles. The van der Waals surface area contributed by atoms with Crippen molar-refractivity contribution < 1.29 is 13.2 Å². The van der Waals surface area contributed by atoms with Gasteiger partial charge in [0.1, 0.15) is 11.6 Å². The SMILES string of the molecule is CCCOc1ccc(S(=O)(=O)NCCNCC)cc1-c1nc(CC)c(CC)c(=O)[nH]1. The van der Waals surface area contributed by atoms with Gasteiger partial charge in [0.2, 0.25) is 10.0 Å². The van der Waals surface area contributed by atoms with Crippen molar-refractivity contribution >= 4 is 10.0 Å². The van der Waals surface area contributed by atoms with E-state index in [1.54, 1.807) is 6.07 Å². The van der Waals surface area contributed by atoms with E-state index < -0.39 is 10.0 Å². The zero-order valence-corrected chi connectivity index (χ0v) is 19.0. The number of rotatable bonds is 12. The Labute approximate surface area is 178 Å². The summed E-state index contributed by atoms with van der Waals surface area (Å²) in [5, 5.41) is 3.07. The van der Waals surface area contributed by atoms with Crippen LogP contribution in [0.3, 0.4) is 0 Å². The van der Waals surface area contributed by atoms with Gasteiger partial charge in [-0.3, -0.25) is 4.79 Å². The largest absolute Gasteiger partial charge is 0.493 e. The van der Waals surface area contributed by atoms with E-state index in [2.05, 4.69) is 20.0 Å². The van der Waals surface area contributed by atoms with Crippen molar-refractivity contribution in [2.45, 2.75) is 51.9 Å². The van der Waals surface area contributed by atoms with Crippen molar-refractivity contribution in [1.82, 2.24) is 20.0 Å². The number of sulfonamides is 1. The molecule has 0 spiro atoms. The molecule has 0 radical (unpaired) electrons. The number of H-pyrrole nitrogens is 1. The van der Waals surface area contributed by atoms with E-state index in [4.69, 9.17) is 4.74 Å². The summed E-state index contributed by atoms with van der Waals surface area (Å²) in [6.07, 6.45) is 1.98. The summed E-state index contributed by atoms with van der Waals surface area (Å²) in [6.45, 7) is 9.84. The molecule has 0 aliphatic rings. The standard InChI is InChI=1S/C21H32N4O4S/c1-5-13-29-19-10-9-15(30(27,28)23-12-11-22-8-4)14-17(19)20-24-18(7-3)16(6-2)21(26)25-20/h9-10,14,22-23H,5-8,11-13H2,1-4H3,(H,24,25,26). The second kappa shape index (κ2) is 11.2. The second-order valence-electron chi connectivity index (χ2n) is 6.80. The van der Waals surface area contributed by atoms with Crippen LogP contribution in [0.15, 0.2) is 27.9 Å². The summed E-state index contributed by atoms with van der Waals surface area (Å²) in [7, 11) is -3.71. The highest BCUT2D eigenvalue weighted by atomic mass is 32.2. The van der Waals surface area contributed by atoms with Crippen LogP contribution in [0.2, 0.25) is 0 Å². The molecule has 0 atom stereocenters. The number of nitrogens with one attached hydrogen (secondary N) is 3. The maximum Gasteiger partial charge on any atom is 0.254 e. The number of aryl methyl sites for hydroxylation is 1. The van der Waals surface area contributed by atoms with E-state index in [0.29, 0.717) is 54.4 Å². The van der Waals surface area contributed by atoms with Crippen LogP contribution in [0.5, 0.6) is 5.75 Å². The molecule has 0 saturated heterocycles. The third-order valence-electron chi connectivity index (χ3n) is 4.61. The quantitative estimate of drug-likeness (QED) is 0.440. The average Bonchev–Trinajstić information content (AvgIpc) is 2.74. The number of ether oxygens (including phenoxy) is 1. The van der Waals surface area contributed by atoms with Gasteiger partial charge in [-0.2, -0.15) is 0 Å². The molecule has 3 N–H and O–H groups in total. The van der Waals surface area contributed by atoms with Gasteiger partial charge in [0.15, 0.2) is 0 Å². The summed E-state index contributed by atoms with van der Waals surface area (Å²) in [4.78, 5) is 20.1. The topological polar surface area (TPSA) is 113 Å². The molecule has 30 heavy (non-hydrogen) atoms. The number of hydrogen-bond donors (Lipinski definition) is 3. The van der Waals surface area contributed by atoms with E-state index in [9.17, 15) is 13.2 Å². The third kappa shape index (κ3) is 5.90. The Hall–Kier alpha value is -2.23. The first-order chi connectivity index (χ1) is 14.4. The maximum atomic E-state index is 12.7. The van der Waals surface area contributed by atoms with Crippen LogP contribution in [0.25, 0.3) is 11.4 Å². The Morgan fingerprint density at radius 2 is 1.87 bits per heavy atom. The second-order valence-corrected chi connectivity index (χ2v) is 8.57. The van der Waals surface area contributed by atoms with Crippen molar-refractivity contribution in [3.05, 3.63) is 39.8 Å². The summed E-state index contributed by atoms with van der Waals surface area (Å²) in [5.74, 6) is 0.794. The predicted octanol–water partition coefficient (Wildman–Crippen LogP) is 2.24. The van der Waals surface area contributed by atoms with Gasteiger partial charge in [-0.1, -0.05) is 27.7 Å². The molecule has 0 amide bonds. The fraction of sp³-hybridized carbons (Fsp3) is 0.524. The Kier molecular flexibility index (Phi) is 9.01. The predicted molar refractivity (Wildman–Crippen MR) is 119 cm³/mol. The first-order valence-corrected chi connectivity index (χ1v) is 12.0. The molecule has 8 nitrogen and oxygen atoms in total. The fourth-order valence-corrected chi connectivity index (χ4v) is 4.12. The fourth-order valence-electron chi connectivity index (χ4n) is 3.06. The van der Waals surface area contributed by atoms with E-state index in [1.165, 1.54) is 12.1 Å². The highest BCUT2D eigenvalue weighted by Crippen LogP contribution is 2.30. The minimum absolute atomic E-state index is 0.0955. The summed E-state index contributed by atoms with van der Waals surface area (Å²) >= 11 is 0. The smallest absolute Gasteiger partial charge is 0.254 e. The molecule has 9 heteroatoms. The summed E-state index contributed by atoms with van der Waals surface area (Å²) in [5.41, 5.74) is 1.59. The van der Waals surface area contributed by atoms with Crippen LogP contribution in [-0.4, -0.2) is 44.6 Å². The number of likely N-dealkylation sites (N-methyl/N-ethyl adjacent to an activating group) is 1. The number of nitrogens with zero attached hydrogens (tertiary/aromatic N) is 1. The van der Waals surface area contributed by atoms with Crippen molar-refractivity contribution in [2.24, 2.45) is 0 Å². The molecule has 0 aliphatic heterocycles. The zero-order chi connectivity index (χ0) is 22.1. The molecule has 1 heterocycles. The monoisotopic (exact) mass is 436 g/mol. The van der Waals surface area contributed by atoms with Crippen LogP contribution in [0.4, 0.5) is 0 Å². The number of hydrogen-bond acceptors (Lipinski definition) is 6. The molecular weight excluding hydrogens is 404 g/mol. The summed E-state index contributed by atoms with van der Waals surface area (Å²) < 4.78 is 33.8. The maximum absolute atomic E-state index is 12.7. The number of aromatic amines is 1. The molecular formula is C21H32N4O4S. The van der Waals surface area contributed by atoms with Gasteiger partial charge in [-0.25, -0.2) is 18.1 Å². The van der Waals surface area contributed by atoms with Crippen molar-refractivity contribution in [3.63, 3.8) is 0 Å². The lowest BCUT2D eigenvalue weighted by atomic mass is 10.1. The Morgan fingerprint density at radius 3 is 2.50 bits per heavy atom. The van der Waals surface area contributed by atoms with Crippen LogP contribution in [0.1, 0.15) is 45.4 Å². The molecule has 2 aromatic rings. The van der Waals surface area contributed by atoms with Gasteiger partial charge in [0.05, 0.1) is 22.8 Å². The van der Waals surface area contributed by atoms with Crippen molar-refractivity contribution in [3.8, 4) is 17.1 Å². The van der Waals surface area contributed by atoms with Crippen molar-refractivity contribution in [1.29, 1.82) is 0 Å². The lowest BCUT2D eigenvalue weighted by molar-refractivity contribution is 0.318. The average molecular weight is 437 g/mol. The van der Waals surface area contributed by atoms with E-state index in [0.717, 1.165) is 13.0 Å². The Morgan fingerprint density at radius 1 is 1.10 bits per heavy atom. The van der Waals surface area contributed by atoms with E-state index in [1.807, 2.05) is 27.7 Å². The molecule has 0 aliphatic carbocycles. The first kappa shape index (κ1) is 24.0. The minimum atomic E-state index is -3.71. The van der Waals surface area contributed by atoms with Crippen LogP contribution >= 0.6 is 0 Å². The van der Waals surface area contributed by atoms with E-state index in [-0.39, 0.29) is 17.0 Å². The minimum Gasteiger partial charge on any atom is -0.493 e. The van der Waals surface area contributed by atoms with Crippen LogP contribution in [0, 0.1) is 0 Å². The lowest BCUT2D eigenvalue weighted by Gasteiger charge is -2.14. The third-order valence-corrected chi connectivity index (χ3v) is 6.07. The molecule has 0 unspecified atom stereocenters. The van der Waals surface area contributed by atoms with Crippen LogP contribution in [-0.2, 0) is 22.9 Å². The van der Waals surface area contributed by atoms with Gasteiger partial charge < -0.3 is 15.0 Å². The van der Waals surface area contributed by atoms with Gasteiger partial charge in [0.25, 0.3) is 5.56 Å². The van der Waals surface area contributed by atoms with Gasteiger partial charge >= 0.3 is 0 Å². The molecule has 0 fully saturated rings. The van der Waals surface area contributed by atoms with Gasteiger partial charge in [0, 0.05) is 18.7 Å². The highest BCUT2D eigenvalue weighted by molar-refractivity contribution is 7.89. The number of aromatic nitrogens is 2. The molecule has 1 aromatic heterocycles. The normalized spacial score (nSPS) is 11.6. The first-order valence-electron chi connectivity index (χ1n) is 10.5. The molecule has 1 aromatic carbocycles. The molecule has 2 rings (SSSR count). The van der Waals surface area contributed by atoms with Gasteiger partial charge in [-0.05, 0) is 44.0 Å². The Balaban J connectivity index is 2.52. The van der Waals surface area contributed by atoms with Crippen LogP contribution < -0.4 is 20.3 Å². The summed E-state index contributed by atoms with van der Waals surface area (Å²) in [6, 6.07) is 4.62. The molecule has 166 valence electrons. The Bertz CT molecular complexity index is 1000.